The highest BCUT2D eigenvalue weighted by molar-refractivity contribution is 6.88. The fraction of sp³-hybridized carbons (Fsp3) is 0.158. The van der Waals surface area contributed by atoms with Crippen molar-refractivity contribution in [1.82, 2.24) is 0 Å². The minimum absolute atomic E-state index is 1.03. The molecular weight excluding hydrogens is 256 g/mol. The van der Waals surface area contributed by atoms with E-state index in [-0.39, 0.29) is 0 Å². The molecule has 0 heterocycles. The normalized spacial score (nSPS) is 10.6. The monoisotopic (exact) mass is 276 g/mol. The molecule has 2 aromatic rings. The van der Waals surface area contributed by atoms with Crippen molar-refractivity contribution in [3.63, 3.8) is 0 Å². The van der Waals surface area contributed by atoms with Crippen LogP contribution in [0.5, 0.6) is 0 Å². The Morgan fingerprint density at radius 2 is 1.25 bits per heavy atom. The molecule has 0 saturated heterocycles. The molecule has 1 heteroatoms. The minimum atomic E-state index is -1.21. The molecule has 20 heavy (non-hydrogen) atoms. The van der Waals surface area contributed by atoms with Crippen molar-refractivity contribution in [3.05, 3.63) is 71.8 Å². The second-order valence-corrected chi connectivity index (χ2v) is 11.0. The Balaban J connectivity index is 2.18. The number of hydrogen-bond donors (Lipinski definition) is 0. The predicted octanol–water partition coefficient (Wildman–Crippen LogP) is 4.27. The Morgan fingerprint density at radius 1 is 0.800 bits per heavy atom. The molecule has 0 aliphatic heterocycles. The van der Waals surface area contributed by atoms with Gasteiger partial charge in [0.25, 0.3) is 0 Å². The zero-order chi connectivity index (χ0) is 14.6. The Bertz CT molecular complexity index is 644. The summed E-state index contributed by atoms with van der Waals surface area (Å²) in [5.74, 6) is 6.41. The molecule has 100 valence electrons. The largest absolute Gasteiger partial charge is 0.0985 e. The smallest absolute Gasteiger partial charge is 0.0775 e. The summed E-state index contributed by atoms with van der Waals surface area (Å²) in [5, 5.41) is 1.47. The van der Waals surface area contributed by atoms with E-state index in [1.807, 2.05) is 30.3 Å². The number of benzene rings is 2. The molecule has 0 aliphatic rings. The first kappa shape index (κ1) is 14.4. The van der Waals surface area contributed by atoms with Gasteiger partial charge in [0.2, 0.25) is 0 Å². The fourth-order valence-corrected chi connectivity index (χ4v) is 3.07. The highest BCUT2D eigenvalue weighted by atomic mass is 28.3. The molecule has 0 aromatic heterocycles. The van der Waals surface area contributed by atoms with Crippen LogP contribution in [0.4, 0.5) is 0 Å². The van der Waals surface area contributed by atoms with Gasteiger partial charge in [-0.2, -0.15) is 0 Å². The maximum Gasteiger partial charge on any atom is 0.0775 e. The van der Waals surface area contributed by atoms with Gasteiger partial charge in [-0.3, -0.25) is 0 Å². The lowest BCUT2D eigenvalue weighted by atomic mass is 10.1. The molecule has 0 atom stereocenters. The average Bonchev–Trinajstić information content (AvgIpc) is 2.45. The highest BCUT2D eigenvalue weighted by Gasteiger charge is 2.15. The molecule has 0 spiro atoms. The molecule has 0 aliphatic carbocycles. The summed E-state index contributed by atoms with van der Waals surface area (Å²) < 4.78 is 0. The van der Waals surface area contributed by atoms with Crippen LogP contribution in [0.2, 0.25) is 19.6 Å². The molecule has 0 saturated carbocycles. The lowest BCUT2D eigenvalue weighted by molar-refractivity contribution is 1.60. The number of rotatable bonds is 2. The second kappa shape index (κ2) is 5.94. The van der Waals surface area contributed by atoms with Gasteiger partial charge in [0.1, 0.15) is 0 Å². The summed E-state index contributed by atoms with van der Waals surface area (Å²) in [6.45, 7) is 10.8. The third-order valence-corrected chi connectivity index (χ3v) is 5.31. The van der Waals surface area contributed by atoms with E-state index in [2.05, 4.69) is 62.3 Å². The van der Waals surface area contributed by atoms with E-state index < -0.39 is 8.07 Å². The standard InChI is InChI=1S/C19H20Si/c1-5-16-6-8-17(9-7-16)10-11-18-12-14-19(15-13-18)20(2,3)4/h5-9,12-15H,1H2,2-4H3. The van der Waals surface area contributed by atoms with Crippen molar-refractivity contribution in [2.45, 2.75) is 19.6 Å². The van der Waals surface area contributed by atoms with Crippen molar-refractivity contribution >= 4 is 19.3 Å². The molecule has 0 bridgehead atoms. The average molecular weight is 276 g/mol. The van der Waals surface area contributed by atoms with E-state index in [9.17, 15) is 0 Å². The Morgan fingerprint density at radius 3 is 1.65 bits per heavy atom. The third-order valence-electron chi connectivity index (χ3n) is 3.25. The topological polar surface area (TPSA) is 0 Å². The number of hydrogen-bond acceptors (Lipinski definition) is 0. The summed E-state index contributed by atoms with van der Waals surface area (Å²) in [4.78, 5) is 0. The lowest BCUT2D eigenvalue weighted by Crippen LogP contribution is -2.37. The summed E-state index contributed by atoms with van der Waals surface area (Å²) in [7, 11) is -1.21. The van der Waals surface area contributed by atoms with Gasteiger partial charge in [0.15, 0.2) is 0 Å². The maximum atomic E-state index is 3.75. The zero-order valence-electron chi connectivity index (χ0n) is 12.4. The maximum absolute atomic E-state index is 3.75. The van der Waals surface area contributed by atoms with Crippen LogP contribution in [0.25, 0.3) is 6.08 Å². The molecule has 0 radical (unpaired) electrons. The van der Waals surface area contributed by atoms with Crippen LogP contribution < -0.4 is 5.19 Å². The van der Waals surface area contributed by atoms with Crippen LogP contribution in [0.3, 0.4) is 0 Å². The summed E-state index contributed by atoms with van der Waals surface area (Å²) in [5.41, 5.74) is 3.22. The quantitative estimate of drug-likeness (QED) is 0.567. The van der Waals surface area contributed by atoms with Crippen molar-refractivity contribution in [1.29, 1.82) is 0 Å². The predicted molar refractivity (Wildman–Crippen MR) is 91.9 cm³/mol. The summed E-state index contributed by atoms with van der Waals surface area (Å²) in [6.07, 6.45) is 1.84. The Hall–Kier alpha value is -2.04. The fourth-order valence-electron chi connectivity index (χ4n) is 1.90. The zero-order valence-corrected chi connectivity index (χ0v) is 13.4. The van der Waals surface area contributed by atoms with Crippen molar-refractivity contribution in [2.75, 3.05) is 0 Å². The van der Waals surface area contributed by atoms with Crippen LogP contribution >= 0.6 is 0 Å². The molecule has 0 amide bonds. The SMILES string of the molecule is C=Cc1ccc(C#Cc2ccc([Si](C)(C)C)cc2)cc1. The first-order valence-electron chi connectivity index (χ1n) is 6.84. The van der Waals surface area contributed by atoms with E-state index in [0.29, 0.717) is 0 Å². The van der Waals surface area contributed by atoms with Gasteiger partial charge in [0.05, 0.1) is 8.07 Å². The van der Waals surface area contributed by atoms with Gasteiger partial charge in [-0.15, -0.1) is 0 Å². The lowest BCUT2D eigenvalue weighted by Gasteiger charge is -2.15. The van der Waals surface area contributed by atoms with Crippen molar-refractivity contribution in [3.8, 4) is 11.8 Å². The van der Waals surface area contributed by atoms with Gasteiger partial charge in [-0.25, -0.2) is 0 Å². The third kappa shape index (κ3) is 3.72. The van der Waals surface area contributed by atoms with Crippen LogP contribution in [-0.2, 0) is 0 Å². The van der Waals surface area contributed by atoms with E-state index >= 15 is 0 Å². The molecule has 0 fully saturated rings. The van der Waals surface area contributed by atoms with Crippen LogP contribution in [-0.4, -0.2) is 8.07 Å². The Kier molecular flexibility index (Phi) is 4.27. The van der Waals surface area contributed by atoms with E-state index in [4.69, 9.17) is 0 Å². The minimum Gasteiger partial charge on any atom is -0.0985 e. The molecule has 2 rings (SSSR count). The van der Waals surface area contributed by atoms with Crippen molar-refractivity contribution in [2.24, 2.45) is 0 Å². The Labute approximate surface area is 123 Å². The van der Waals surface area contributed by atoms with Gasteiger partial charge < -0.3 is 0 Å². The second-order valence-electron chi connectivity index (χ2n) is 5.90. The molecule has 0 N–H and O–H groups in total. The van der Waals surface area contributed by atoms with Crippen molar-refractivity contribution < 1.29 is 0 Å². The van der Waals surface area contributed by atoms with Gasteiger partial charge >= 0.3 is 0 Å². The molecule has 0 unspecified atom stereocenters. The van der Waals surface area contributed by atoms with Gasteiger partial charge in [-0.1, -0.05) is 73.6 Å². The summed E-state index contributed by atoms with van der Waals surface area (Å²) >= 11 is 0. The van der Waals surface area contributed by atoms with E-state index in [1.54, 1.807) is 0 Å². The first-order valence-corrected chi connectivity index (χ1v) is 10.3. The molecular formula is C19H20Si. The molecule has 0 nitrogen and oxygen atoms in total. The van der Waals surface area contributed by atoms with Crippen LogP contribution in [0, 0.1) is 11.8 Å². The first-order chi connectivity index (χ1) is 9.49. The summed E-state index contributed by atoms with van der Waals surface area (Å²) in [6, 6.07) is 16.8. The van der Waals surface area contributed by atoms with E-state index in [0.717, 1.165) is 16.7 Å². The highest BCUT2D eigenvalue weighted by Crippen LogP contribution is 2.06. The van der Waals surface area contributed by atoms with Crippen LogP contribution in [0.15, 0.2) is 55.1 Å². The van der Waals surface area contributed by atoms with Gasteiger partial charge in [-0.05, 0) is 29.8 Å². The van der Waals surface area contributed by atoms with Gasteiger partial charge in [0, 0.05) is 11.1 Å². The van der Waals surface area contributed by atoms with E-state index in [1.165, 1.54) is 5.19 Å². The molecule has 2 aromatic carbocycles. The van der Waals surface area contributed by atoms with Crippen LogP contribution in [0.1, 0.15) is 16.7 Å².